The molecule has 0 aliphatic heterocycles. The Morgan fingerprint density at radius 2 is 1.89 bits per heavy atom. The number of benzene rings is 2. The van der Waals surface area contributed by atoms with Gasteiger partial charge in [0, 0.05) is 25.8 Å². The molecule has 6 nitrogen and oxygen atoms in total. The zero-order valence-electron chi connectivity index (χ0n) is 15.9. The number of para-hydroxylation sites is 1. The van der Waals surface area contributed by atoms with Crippen LogP contribution in [0.3, 0.4) is 0 Å². The van der Waals surface area contributed by atoms with Crippen molar-refractivity contribution in [2.75, 3.05) is 31.6 Å². The number of rotatable bonds is 10. The molecule has 0 aromatic heterocycles. The van der Waals surface area contributed by atoms with Crippen LogP contribution in [0.1, 0.15) is 35.4 Å². The van der Waals surface area contributed by atoms with Crippen LogP contribution in [0, 0.1) is 5.92 Å². The van der Waals surface area contributed by atoms with Gasteiger partial charge >= 0.3 is 0 Å². The Morgan fingerprint density at radius 1 is 1.19 bits per heavy atom. The Balaban J connectivity index is 1.75. The van der Waals surface area contributed by atoms with Crippen molar-refractivity contribution in [3.63, 3.8) is 0 Å². The van der Waals surface area contributed by atoms with Crippen molar-refractivity contribution in [2.24, 2.45) is 11.7 Å². The predicted octanol–water partition coefficient (Wildman–Crippen LogP) is 2.28. The van der Waals surface area contributed by atoms with Gasteiger partial charge in [-0.3, -0.25) is 4.79 Å². The van der Waals surface area contributed by atoms with Gasteiger partial charge < -0.3 is 26.2 Å². The van der Waals surface area contributed by atoms with E-state index in [1.807, 2.05) is 18.2 Å². The summed E-state index contributed by atoms with van der Waals surface area (Å²) in [6.45, 7) is 4.27. The normalized spacial score (nSPS) is 13.1. The van der Waals surface area contributed by atoms with E-state index in [4.69, 9.17) is 5.73 Å². The molecule has 2 unspecified atom stereocenters. The van der Waals surface area contributed by atoms with E-state index in [1.54, 1.807) is 6.07 Å². The highest BCUT2D eigenvalue weighted by molar-refractivity contribution is 5.95. The number of carbonyl (C=O) groups is 1. The van der Waals surface area contributed by atoms with E-state index in [0.29, 0.717) is 18.0 Å². The molecule has 5 N–H and O–H groups in total. The van der Waals surface area contributed by atoms with Crippen molar-refractivity contribution in [3.8, 4) is 5.75 Å². The van der Waals surface area contributed by atoms with Crippen LogP contribution >= 0.6 is 0 Å². The third kappa shape index (κ3) is 6.27. The van der Waals surface area contributed by atoms with Gasteiger partial charge in [0.25, 0.3) is 5.91 Å². The maximum absolute atomic E-state index is 11.3. The van der Waals surface area contributed by atoms with Gasteiger partial charge in [0.1, 0.15) is 5.75 Å². The molecule has 27 heavy (non-hydrogen) atoms. The summed E-state index contributed by atoms with van der Waals surface area (Å²) in [6.07, 6.45) is 0.252. The van der Waals surface area contributed by atoms with Crippen LogP contribution in [0.5, 0.6) is 5.75 Å². The SMILES string of the molecule is CC(CCN(C)c1ccccc1)CNCC(O)c1ccc(O)c(C(N)=O)c1. The molecule has 0 aliphatic rings. The first-order valence-electron chi connectivity index (χ1n) is 9.16. The maximum atomic E-state index is 11.3. The van der Waals surface area contributed by atoms with Crippen LogP contribution in [0.2, 0.25) is 0 Å². The molecule has 0 bridgehead atoms. The summed E-state index contributed by atoms with van der Waals surface area (Å²) in [6, 6.07) is 14.7. The first-order chi connectivity index (χ1) is 12.9. The molecule has 0 aliphatic carbocycles. The average molecular weight is 371 g/mol. The minimum absolute atomic E-state index is 0.0175. The van der Waals surface area contributed by atoms with Crippen molar-refractivity contribution >= 4 is 11.6 Å². The number of anilines is 1. The number of nitrogens with zero attached hydrogens (tertiary/aromatic N) is 1. The Kier molecular flexibility index (Phi) is 7.64. The molecule has 1 amide bonds. The number of primary amides is 1. The number of aliphatic hydroxyl groups excluding tert-OH is 1. The summed E-state index contributed by atoms with van der Waals surface area (Å²) < 4.78 is 0. The largest absolute Gasteiger partial charge is 0.507 e. The molecule has 0 spiro atoms. The van der Waals surface area contributed by atoms with Gasteiger partial charge in [-0.2, -0.15) is 0 Å². The van der Waals surface area contributed by atoms with Crippen LogP contribution in [-0.2, 0) is 0 Å². The highest BCUT2D eigenvalue weighted by Crippen LogP contribution is 2.22. The Labute approximate surface area is 160 Å². The van der Waals surface area contributed by atoms with E-state index in [0.717, 1.165) is 19.5 Å². The van der Waals surface area contributed by atoms with E-state index < -0.39 is 12.0 Å². The van der Waals surface area contributed by atoms with Gasteiger partial charge in [-0.05, 0) is 48.7 Å². The number of hydrogen-bond acceptors (Lipinski definition) is 5. The number of aromatic hydroxyl groups is 1. The summed E-state index contributed by atoms with van der Waals surface area (Å²) >= 11 is 0. The number of carbonyl (C=O) groups excluding carboxylic acids is 1. The summed E-state index contributed by atoms with van der Waals surface area (Å²) in [5, 5.41) is 23.2. The molecule has 0 fully saturated rings. The van der Waals surface area contributed by atoms with E-state index in [1.165, 1.54) is 17.8 Å². The smallest absolute Gasteiger partial charge is 0.252 e. The molecule has 2 aromatic rings. The first-order valence-corrected chi connectivity index (χ1v) is 9.16. The van der Waals surface area contributed by atoms with Crippen molar-refractivity contribution < 1.29 is 15.0 Å². The number of nitrogens with one attached hydrogen (secondary N) is 1. The molecule has 0 saturated carbocycles. The number of aliphatic hydroxyl groups is 1. The lowest BCUT2D eigenvalue weighted by Gasteiger charge is -2.22. The van der Waals surface area contributed by atoms with Crippen molar-refractivity contribution in [1.82, 2.24) is 5.32 Å². The van der Waals surface area contributed by atoms with Crippen LogP contribution < -0.4 is 16.0 Å². The minimum atomic E-state index is -0.775. The van der Waals surface area contributed by atoms with E-state index in [2.05, 4.69) is 36.3 Å². The van der Waals surface area contributed by atoms with Crippen LogP contribution in [-0.4, -0.2) is 42.8 Å². The third-order valence-electron chi connectivity index (χ3n) is 4.66. The third-order valence-corrected chi connectivity index (χ3v) is 4.66. The summed E-state index contributed by atoms with van der Waals surface area (Å²) in [4.78, 5) is 13.5. The second-order valence-corrected chi connectivity index (χ2v) is 6.97. The van der Waals surface area contributed by atoms with Crippen molar-refractivity contribution in [1.29, 1.82) is 0 Å². The predicted molar refractivity (Wildman–Crippen MR) is 108 cm³/mol. The van der Waals surface area contributed by atoms with E-state index in [9.17, 15) is 15.0 Å². The first kappa shape index (κ1) is 20.7. The van der Waals surface area contributed by atoms with Gasteiger partial charge in [-0.25, -0.2) is 0 Å². The quantitative estimate of drug-likeness (QED) is 0.514. The highest BCUT2D eigenvalue weighted by atomic mass is 16.3. The maximum Gasteiger partial charge on any atom is 0.252 e. The molecule has 2 rings (SSSR count). The fourth-order valence-electron chi connectivity index (χ4n) is 2.87. The summed E-state index contributed by atoms with van der Waals surface area (Å²) in [7, 11) is 2.08. The highest BCUT2D eigenvalue weighted by Gasteiger charge is 2.14. The number of amides is 1. The molecular weight excluding hydrogens is 342 g/mol. The monoisotopic (exact) mass is 371 g/mol. The molecule has 6 heteroatoms. The average Bonchev–Trinajstić information content (AvgIpc) is 2.66. The second kappa shape index (κ2) is 9.94. The second-order valence-electron chi connectivity index (χ2n) is 6.97. The van der Waals surface area contributed by atoms with Crippen LogP contribution in [0.25, 0.3) is 0 Å². The van der Waals surface area contributed by atoms with Crippen molar-refractivity contribution in [2.45, 2.75) is 19.4 Å². The number of hydrogen-bond donors (Lipinski definition) is 4. The Hall–Kier alpha value is -2.57. The van der Waals surface area contributed by atoms with Crippen molar-refractivity contribution in [3.05, 3.63) is 59.7 Å². The van der Waals surface area contributed by atoms with Crippen LogP contribution in [0.4, 0.5) is 5.69 Å². The summed E-state index contributed by atoms with van der Waals surface area (Å²) in [5.74, 6) is -0.447. The fourth-order valence-corrected chi connectivity index (χ4v) is 2.87. The molecular formula is C21H29N3O3. The minimum Gasteiger partial charge on any atom is -0.507 e. The number of phenols is 1. The van der Waals surface area contributed by atoms with Gasteiger partial charge in [-0.15, -0.1) is 0 Å². The Bertz CT molecular complexity index is 737. The number of nitrogens with two attached hydrogens (primary N) is 1. The zero-order chi connectivity index (χ0) is 19.8. The topological polar surface area (TPSA) is 98.8 Å². The van der Waals surface area contributed by atoms with E-state index in [-0.39, 0.29) is 11.3 Å². The van der Waals surface area contributed by atoms with Gasteiger partial charge in [0.15, 0.2) is 0 Å². The fraction of sp³-hybridized carbons (Fsp3) is 0.381. The zero-order valence-corrected chi connectivity index (χ0v) is 15.9. The van der Waals surface area contributed by atoms with Gasteiger partial charge in [0.05, 0.1) is 11.7 Å². The lowest BCUT2D eigenvalue weighted by atomic mass is 10.0. The van der Waals surface area contributed by atoms with E-state index >= 15 is 0 Å². The molecule has 2 atom stereocenters. The standard InChI is InChI=1S/C21H29N3O3/c1-15(10-11-24(2)17-6-4-3-5-7-17)13-23-14-20(26)16-8-9-19(25)18(12-16)21(22)27/h3-9,12,15,20,23,25-26H,10-11,13-14H2,1-2H3,(H2,22,27). The lowest BCUT2D eigenvalue weighted by Crippen LogP contribution is -2.29. The van der Waals surface area contributed by atoms with Gasteiger partial charge in [0.2, 0.25) is 0 Å². The van der Waals surface area contributed by atoms with Crippen LogP contribution in [0.15, 0.2) is 48.5 Å². The molecule has 0 heterocycles. The molecule has 0 radical (unpaired) electrons. The summed E-state index contributed by atoms with van der Waals surface area (Å²) in [5.41, 5.74) is 6.99. The molecule has 146 valence electrons. The van der Waals surface area contributed by atoms with Gasteiger partial charge in [-0.1, -0.05) is 31.2 Å². The molecule has 2 aromatic carbocycles. The Morgan fingerprint density at radius 3 is 2.56 bits per heavy atom. The molecule has 0 saturated heterocycles. The lowest BCUT2D eigenvalue weighted by molar-refractivity contribution is 0.0997.